The molecule has 0 bridgehead atoms. The van der Waals surface area contributed by atoms with Crippen LogP contribution in [0.4, 0.5) is 0 Å². The SMILES string of the molecule is N#Cc1c(-c2ccc(Br)cc2)cc2n(c1=N)CCc1cc3c(cc1-2)OCCCO3. The fraction of sp³-hybridized carbons (Fsp3) is 0.217. The van der Waals surface area contributed by atoms with Crippen LogP contribution in [-0.2, 0) is 13.0 Å². The average Bonchev–Trinajstić information content (AvgIpc) is 2.97. The molecule has 6 heteroatoms. The zero-order valence-corrected chi connectivity index (χ0v) is 17.3. The Kier molecular flexibility index (Phi) is 4.40. The van der Waals surface area contributed by atoms with E-state index in [1.165, 1.54) is 5.56 Å². The van der Waals surface area contributed by atoms with Gasteiger partial charge in [0.05, 0.1) is 18.9 Å². The van der Waals surface area contributed by atoms with E-state index < -0.39 is 0 Å². The maximum Gasteiger partial charge on any atom is 0.161 e. The van der Waals surface area contributed by atoms with Crippen LogP contribution < -0.4 is 15.0 Å². The van der Waals surface area contributed by atoms with Gasteiger partial charge in [-0.05, 0) is 47.9 Å². The predicted octanol–water partition coefficient (Wildman–Crippen LogP) is 4.65. The fourth-order valence-corrected chi connectivity index (χ4v) is 4.29. The average molecular weight is 448 g/mol. The first-order chi connectivity index (χ1) is 14.2. The van der Waals surface area contributed by atoms with E-state index in [2.05, 4.69) is 28.1 Å². The van der Waals surface area contributed by atoms with Gasteiger partial charge in [0.2, 0.25) is 0 Å². The molecule has 3 aromatic rings. The fourth-order valence-electron chi connectivity index (χ4n) is 4.02. The molecule has 0 saturated heterocycles. The van der Waals surface area contributed by atoms with Gasteiger partial charge in [-0.3, -0.25) is 5.41 Å². The number of nitriles is 1. The highest BCUT2D eigenvalue weighted by atomic mass is 79.9. The molecule has 144 valence electrons. The summed E-state index contributed by atoms with van der Waals surface area (Å²) in [6.45, 7) is 1.95. The van der Waals surface area contributed by atoms with Crippen molar-refractivity contribution in [1.82, 2.24) is 4.57 Å². The molecular formula is C23H18BrN3O2. The van der Waals surface area contributed by atoms with E-state index in [-0.39, 0.29) is 5.49 Å². The highest BCUT2D eigenvalue weighted by Gasteiger charge is 2.24. The van der Waals surface area contributed by atoms with Crippen molar-refractivity contribution in [1.29, 1.82) is 10.7 Å². The van der Waals surface area contributed by atoms with E-state index in [0.717, 1.165) is 51.2 Å². The quantitative estimate of drug-likeness (QED) is 0.589. The zero-order valence-electron chi connectivity index (χ0n) is 15.7. The van der Waals surface area contributed by atoms with Crippen LogP contribution in [0.3, 0.4) is 0 Å². The van der Waals surface area contributed by atoms with Crippen LogP contribution in [0.1, 0.15) is 17.5 Å². The molecule has 1 N–H and O–H groups in total. The summed E-state index contributed by atoms with van der Waals surface area (Å²) in [5.74, 6) is 1.54. The Morgan fingerprint density at radius 2 is 1.72 bits per heavy atom. The molecule has 1 aromatic heterocycles. The Bertz CT molecular complexity index is 1220. The summed E-state index contributed by atoms with van der Waals surface area (Å²) < 4.78 is 14.6. The van der Waals surface area contributed by atoms with Crippen LogP contribution in [0.15, 0.2) is 46.9 Å². The van der Waals surface area contributed by atoms with E-state index in [1.54, 1.807) is 0 Å². The third kappa shape index (κ3) is 3.02. The first-order valence-corrected chi connectivity index (χ1v) is 10.4. The lowest BCUT2D eigenvalue weighted by molar-refractivity contribution is 0.297. The molecule has 0 unspecified atom stereocenters. The number of nitrogens with zero attached hydrogens (tertiary/aromatic N) is 2. The lowest BCUT2D eigenvalue weighted by Crippen LogP contribution is -2.28. The van der Waals surface area contributed by atoms with Gasteiger partial charge in [-0.15, -0.1) is 0 Å². The lowest BCUT2D eigenvalue weighted by Gasteiger charge is -2.25. The minimum Gasteiger partial charge on any atom is -0.490 e. The highest BCUT2D eigenvalue weighted by molar-refractivity contribution is 9.10. The molecule has 0 atom stereocenters. The van der Waals surface area contributed by atoms with Crippen molar-refractivity contribution < 1.29 is 9.47 Å². The molecule has 0 aliphatic carbocycles. The standard InChI is InChI=1S/C23H18BrN3O2/c24-16-4-2-14(3-5-16)17-11-20-18-12-22-21(28-8-1-9-29-22)10-15(18)6-7-27(20)23(26)19(17)13-25/h2-5,10-12,26H,1,6-9H2. The van der Waals surface area contributed by atoms with Gasteiger partial charge in [-0.25, -0.2) is 0 Å². The Morgan fingerprint density at radius 1 is 1.00 bits per heavy atom. The van der Waals surface area contributed by atoms with Gasteiger partial charge in [0.15, 0.2) is 11.5 Å². The molecule has 2 aromatic carbocycles. The van der Waals surface area contributed by atoms with Crippen LogP contribution in [0.2, 0.25) is 0 Å². The molecular weight excluding hydrogens is 430 g/mol. The van der Waals surface area contributed by atoms with Gasteiger partial charge in [0.25, 0.3) is 0 Å². The van der Waals surface area contributed by atoms with Crippen LogP contribution in [0.25, 0.3) is 22.4 Å². The largest absolute Gasteiger partial charge is 0.490 e. The highest BCUT2D eigenvalue weighted by Crippen LogP contribution is 2.40. The molecule has 5 rings (SSSR count). The summed E-state index contributed by atoms with van der Waals surface area (Å²) in [7, 11) is 0. The summed E-state index contributed by atoms with van der Waals surface area (Å²) in [5, 5.41) is 18.5. The van der Waals surface area contributed by atoms with Gasteiger partial charge in [-0.2, -0.15) is 5.26 Å². The number of pyridine rings is 1. The second-order valence-corrected chi connectivity index (χ2v) is 8.11. The Labute approximate surface area is 176 Å². The number of hydrogen-bond donors (Lipinski definition) is 1. The van der Waals surface area contributed by atoms with Gasteiger partial charge in [-0.1, -0.05) is 28.1 Å². The number of fused-ring (bicyclic) bond motifs is 4. The normalized spacial score (nSPS) is 14.3. The van der Waals surface area contributed by atoms with Crippen molar-refractivity contribution in [3.05, 3.63) is 63.6 Å². The Balaban J connectivity index is 1.75. The molecule has 2 aliphatic rings. The van der Waals surface area contributed by atoms with Gasteiger partial charge >= 0.3 is 0 Å². The van der Waals surface area contributed by atoms with Crippen molar-refractivity contribution in [2.45, 2.75) is 19.4 Å². The van der Waals surface area contributed by atoms with Crippen LogP contribution in [0.5, 0.6) is 11.5 Å². The smallest absolute Gasteiger partial charge is 0.161 e. The first kappa shape index (κ1) is 18.0. The van der Waals surface area contributed by atoms with Gasteiger partial charge in [0.1, 0.15) is 17.1 Å². The molecule has 29 heavy (non-hydrogen) atoms. The predicted molar refractivity (Wildman–Crippen MR) is 113 cm³/mol. The number of benzene rings is 2. The van der Waals surface area contributed by atoms with Crippen molar-refractivity contribution in [2.24, 2.45) is 0 Å². The summed E-state index contributed by atoms with van der Waals surface area (Å²) in [5.41, 5.74) is 5.50. The third-order valence-corrected chi connectivity index (χ3v) is 6.00. The molecule has 0 saturated carbocycles. The summed E-state index contributed by atoms with van der Waals surface area (Å²) in [6, 6.07) is 16.2. The molecule has 0 amide bonds. The number of halogens is 1. The van der Waals surface area contributed by atoms with E-state index in [9.17, 15) is 5.26 Å². The number of aryl methyl sites for hydroxylation is 1. The van der Waals surface area contributed by atoms with Crippen LogP contribution >= 0.6 is 15.9 Å². The molecule has 0 radical (unpaired) electrons. The second kappa shape index (κ2) is 7.09. The van der Waals surface area contributed by atoms with Crippen LogP contribution in [-0.4, -0.2) is 17.8 Å². The van der Waals surface area contributed by atoms with Crippen molar-refractivity contribution in [3.63, 3.8) is 0 Å². The Hall–Kier alpha value is -3.04. The number of hydrogen-bond acceptors (Lipinski definition) is 4. The molecule has 0 spiro atoms. The van der Waals surface area contributed by atoms with E-state index in [1.807, 2.05) is 41.0 Å². The minimum atomic E-state index is 0.251. The minimum absolute atomic E-state index is 0.251. The monoisotopic (exact) mass is 447 g/mol. The topological polar surface area (TPSA) is 71.0 Å². The Morgan fingerprint density at radius 3 is 2.45 bits per heavy atom. The summed E-state index contributed by atoms with van der Waals surface area (Å²) in [4.78, 5) is 0. The molecule has 5 nitrogen and oxygen atoms in total. The molecule has 2 aliphatic heterocycles. The summed E-state index contributed by atoms with van der Waals surface area (Å²) >= 11 is 3.46. The number of nitrogens with one attached hydrogen (secondary N) is 1. The maximum atomic E-state index is 9.77. The zero-order chi connectivity index (χ0) is 20.0. The van der Waals surface area contributed by atoms with E-state index in [0.29, 0.717) is 25.3 Å². The maximum absolute atomic E-state index is 9.77. The number of rotatable bonds is 1. The second-order valence-electron chi connectivity index (χ2n) is 7.19. The first-order valence-electron chi connectivity index (χ1n) is 9.57. The van der Waals surface area contributed by atoms with Gasteiger partial charge in [0, 0.05) is 28.6 Å². The number of ether oxygens (including phenoxy) is 2. The molecule has 0 fully saturated rings. The number of aromatic nitrogens is 1. The van der Waals surface area contributed by atoms with Crippen molar-refractivity contribution >= 4 is 15.9 Å². The van der Waals surface area contributed by atoms with Crippen molar-refractivity contribution in [3.8, 4) is 40.0 Å². The third-order valence-electron chi connectivity index (χ3n) is 5.47. The lowest BCUT2D eigenvalue weighted by atomic mass is 9.92. The van der Waals surface area contributed by atoms with Crippen molar-refractivity contribution in [2.75, 3.05) is 13.2 Å². The van der Waals surface area contributed by atoms with E-state index in [4.69, 9.17) is 14.9 Å². The van der Waals surface area contributed by atoms with Gasteiger partial charge < -0.3 is 14.0 Å². The summed E-state index contributed by atoms with van der Waals surface area (Å²) in [6.07, 6.45) is 1.65. The van der Waals surface area contributed by atoms with E-state index >= 15 is 0 Å². The molecule has 3 heterocycles. The van der Waals surface area contributed by atoms with Crippen LogP contribution in [0, 0.1) is 16.7 Å².